The lowest BCUT2D eigenvalue weighted by Gasteiger charge is -2.12. The molecular weight excluding hydrogens is 323 g/mol. The fourth-order valence-electron chi connectivity index (χ4n) is 2.55. The van der Waals surface area contributed by atoms with E-state index in [1.807, 2.05) is 12.1 Å². The van der Waals surface area contributed by atoms with E-state index in [1.54, 1.807) is 6.07 Å². The lowest BCUT2D eigenvalue weighted by molar-refractivity contribution is 0.554. The second kappa shape index (κ2) is 11.6. The smallest absolute Gasteiger partial charge is 0.0599 e. The van der Waals surface area contributed by atoms with Gasteiger partial charge < -0.3 is 0 Å². The standard InChI is InChI=1S/C18H27Cl3/c1-2-3-4-5-6-7-8-9-10-11-17(20)16-13-12-15(19)14-18(16)21/h12-14,17H,2-11H2,1H3. The summed E-state index contributed by atoms with van der Waals surface area (Å²) in [6, 6.07) is 5.56. The molecule has 1 aromatic carbocycles. The number of halogens is 3. The van der Waals surface area contributed by atoms with Gasteiger partial charge in [-0.2, -0.15) is 0 Å². The van der Waals surface area contributed by atoms with E-state index in [1.165, 1.54) is 57.8 Å². The Morgan fingerprint density at radius 1 is 0.857 bits per heavy atom. The average molecular weight is 350 g/mol. The highest BCUT2D eigenvalue weighted by molar-refractivity contribution is 6.35. The lowest BCUT2D eigenvalue weighted by Crippen LogP contribution is -1.92. The Bertz CT molecular complexity index is 390. The fraction of sp³-hybridized carbons (Fsp3) is 0.667. The highest BCUT2D eigenvalue weighted by Crippen LogP contribution is 2.33. The average Bonchev–Trinajstić information content (AvgIpc) is 2.45. The molecule has 0 radical (unpaired) electrons. The van der Waals surface area contributed by atoms with Crippen LogP contribution in [0.3, 0.4) is 0 Å². The summed E-state index contributed by atoms with van der Waals surface area (Å²) in [6.45, 7) is 2.26. The van der Waals surface area contributed by atoms with Gasteiger partial charge in [0.1, 0.15) is 0 Å². The van der Waals surface area contributed by atoms with Crippen LogP contribution in [0.1, 0.15) is 82.1 Å². The van der Waals surface area contributed by atoms with Gasteiger partial charge in [0.2, 0.25) is 0 Å². The summed E-state index contributed by atoms with van der Waals surface area (Å²) in [7, 11) is 0. The molecular formula is C18H27Cl3. The minimum absolute atomic E-state index is 0.000629. The first-order valence-corrected chi connectivity index (χ1v) is 9.43. The molecule has 0 aliphatic heterocycles. The van der Waals surface area contributed by atoms with Crippen LogP contribution in [0.2, 0.25) is 10.0 Å². The topological polar surface area (TPSA) is 0 Å². The van der Waals surface area contributed by atoms with Gasteiger partial charge in [-0.25, -0.2) is 0 Å². The minimum atomic E-state index is -0.000629. The molecule has 0 spiro atoms. The van der Waals surface area contributed by atoms with Crippen LogP contribution < -0.4 is 0 Å². The van der Waals surface area contributed by atoms with Crippen LogP contribution in [0, 0.1) is 0 Å². The quantitative estimate of drug-likeness (QED) is 0.279. The summed E-state index contributed by atoms with van der Waals surface area (Å²) < 4.78 is 0. The van der Waals surface area contributed by atoms with Crippen molar-refractivity contribution in [2.75, 3.05) is 0 Å². The summed E-state index contributed by atoms with van der Waals surface area (Å²) >= 11 is 18.5. The predicted molar refractivity (Wildman–Crippen MR) is 96.9 cm³/mol. The molecule has 0 aliphatic carbocycles. The van der Waals surface area contributed by atoms with Crippen molar-refractivity contribution in [1.29, 1.82) is 0 Å². The molecule has 0 aliphatic rings. The maximum absolute atomic E-state index is 6.43. The molecule has 0 saturated carbocycles. The summed E-state index contributed by atoms with van der Waals surface area (Å²) in [5.41, 5.74) is 1.00. The van der Waals surface area contributed by atoms with Crippen molar-refractivity contribution >= 4 is 34.8 Å². The molecule has 0 amide bonds. The number of rotatable bonds is 11. The van der Waals surface area contributed by atoms with E-state index in [0.29, 0.717) is 10.0 Å². The van der Waals surface area contributed by atoms with Gasteiger partial charge in [0.15, 0.2) is 0 Å². The monoisotopic (exact) mass is 348 g/mol. The predicted octanol–water partition coefficient (Wildman–Crippen LogP) is 8.19. The Kier molecular flexibility index (Phi) is 10.6. The molecule has 3 heteroatoms. The van der Waals surface area contributed by atoms with Crippen molar-refractivity contribution in [3.05, 3.63) is 33.8 Å². The number of unbranched alkanes of at least 4 members (excludes halogenated alkanes) is 8. The van der Waals surface area contributed by atoms with E-state index < -0.39 is 0 Å². The highest BCUT2D eigenvalue weighted by atomic mass is 35.5. The fourth-order valence-corrected chi connectivity index (χ4v) is 3.49. The van der Waals surface area contributed by atoms with E-state index in [0.717, 1.165) is 12.0 Å². The van der Waals surface area contributed by atoms with Gasteiger partial charge >= 0.3 is 0 Å². The Morgan fingerprint density at radius 2 is 1.43 bits per heavy atom. The van der Waals surface area contributed by atoms with Crippen LogP contribution >= 0.6 is 34.8 Å². The van der Waals surface area contributed by atoms with Crippen molar-refractivity contribution in [3.8, 4) is 0 Å². The van der Waals surface area contributed by atoms with E-state index in [2.05, 4.69) is 6.92 Å². The Labute approximate surface area is 145 Å². The van der Waals surface area contributed by atoms with E-state index in [-0.39, 0.29) is 5.38 Å². The molecule has 1 rings (SSSR count). The Balaban J connectivity index is 2.09. The molecule has 0 saturated heterocycles. The molecule has 1 unspecified atom stereocenters. The first-order valence-electron chi connectivity index (χ1n) is 8.24. The molecule has 0 heterocycles. The summed E-state index contributed by atoms with van der Waals surface area (Å²) in [6.07, 6.45) is 13.0. The van der Waals surface area contributed by atoms with Crippen LogP contribution in [0.4, 0.5) is 0 Å². The number of hydrogen-bond donors (Lipinski definition) is 0. The van der Waals surface area contributed by atoms with Gasteiger partial charge in [0, 0.05) is 10.0 Å². The SMILES string of the molecule is CCCCCCCCCCCC(Cl)c1ccc(Cl)cc1Cl. The second-order valence-corrected chi connectivity index (χ2v) is 7.12. The maximum atomic E-state index is 6.43. The van der Waals surface area contributed by atoms with Gasteiger partial charge in [0.05, 0.1) is 5.38 Å². The van der Waals surface area contributed by atoms with Gasteiger partial charge in [0.25, 0.3) is 0 Å². The van der Waals surface area contributed by atoms with Crippen LogP contribution in [-0.2, 0) is 0 Å². The third-order valence-electron chi connectivity index (χ3n) is 3.86. The molecule has 0 N–H and O–H groups in total. The largest absolute Gasteiger partial charge is 0.118 e. The Morgan fingerprint density at radius 3 is 2.00 bits per heavy atom. The zero-order chi connectivity index (χ0) is 15.5. The van der Waals surface area contributed by atoms with Gasteiger partial charge in [-0.05, 0) is 24.1 Å². The van der Waals surface area contributed by atoms with Crippen molar-refractivity contribution in [3.63, 3.8) is 0 Å². The first kappa shape index (κ1) is 19.1. The maximum Gasteiger partial charge on any atom is 0.0599 e. The van der Waals surface area contributed by atoms with Gasteiger partial charge in [-0.1, -0.05) is 94.0 Å². The second-order valence-electron chi connectivity index (χ2n) is 5.75. The van der Waals surface area contributed by atoms with E-state index >= 15 is 0 Å². The molecule has 0 fully saturated rings. The summed E-state index contributed by atoms with van der Waals surface area (Å²) in [5.74, 6) is 0. The number of hydrogen-bond acceptors (Lipinski definition) is 0. The molecule has 1 atom stereocenters. The van der Waals surface area contributed by atoms with Crippen LogP contribution in [0.25, 0.3) is 0 Å². The zero-order valence-corrected chi connectivity index (χ0v) is 15.3. The van der Waals surface area contributed by atoms with Gasteiger partial charge in [-0.15, -0.1) is 11.6 Å². The summed E-state index contributed by atoms with van der Waals surface area (Å²) in [5, 5.41) is 1.34. The van der Waals surface area contributed by atoms with Crippen molar-refractivity contribution in [1.82, 2.24) is 0 Å². The van der Waals surface area contributed by atoms with Crippen molar-refractivity contribution in [2.45, 2.75) is 76.5 Å². The molecule has 1 aromatic rings. The van der Waals surface area contributed by atoms with Crippen LogP contribution in [0.5, 0.6) is 0 Å². The summed E-state index contributed by atoms with van der Waals surface area (Å²) in [4.78, 5) is 0. The third-order valence-corrected chi connectivity index (χ3v) is 4.88. The van der Waals surface area contributed by atoms with Crippen molar-refractivity contribution in [2.24, 2.45) is 0 Å². The highest BCUT2D eigenvalue weighted by Gasteiger charge is 2.11. The van der Waals surface area contributed by atoms with E-state index in [4.69, 9.17) is 34.8 Å². The first-order chi connectivity index (χ1) is 10.1. The van der Waals surface area contributed by atoms with Crippen LogP contribution in [-0.4, -0.2) is 0 Å². The molecule has 0 aromatic heterocycles. The number of benzene rings is 1. The Hall–Kier alpha value is 0.0900. The zero-order valence-electron chi connectivity index (χ0n) is 13.0. The van der Waals surface area contributed by atoms with Gasteiger partial charge in [-0.3, -0.25) is 0 Å². The van der Waals surface area contributed by atoms with Crippen LogP contribution in [0.15, 0.2) is 18.2 Å². The minimum Gasteiger partial charge on any atom is -0.118 e. The molecule has 21 heavy (non-hydrogen) atoms. The van der Waals surface area contributed by atoms with E-state index in [9.17, 15) is 0 Å². The van der Waals surface area contributed by atoms with Crippen molar-refractivity contribution < 1.29 is 0 Å². The molecule has 0 nitrogen and oxygen atoms in total. The molecule has 0 bridgehead atoms. The number of alkyl halides is 1. The third kappa shape index (κ3) is 8.33. The molecule has 120 valence electrons. The normalized spacial score (nSPS) is 12.6. The lowest BCUT2D eigenvalue weighted by atomic mass is 10.0.